The first kappa shape index (κ1) is 18.3. The highest BCUT2D eigenvalue weighted by Crippen LogP contribution is 2.24. The molecule has 0 spiro atoms. The van der Waals surface area contributed by atoms with E-state index in [1.807, 2.05) is 0 Å². The van der Waals surface area contributed by atoms with Gasteiger partial charge in [-0.15, -0.1) is 0 Å². The predicted octanol–water partition coefficient (Wildman–Crippen LogP) is 0.683. The number of alkyl halides is 1. The summed E-state index contributed by atoms with van der Waals surface area (Å²) in [5, 5.41) is 12.7. The first-order valence-electron chi connectivity index (χ1n) is 6.59. The molecule has 1 heterocycles. The summed E-state index contributed by atoms with van der Waals surface area (Å²) in [6.07, 6.45) is 1.18. The van der Waals surface area contributed by atoms with E-state index in [9.17, 15) is 17.6 Å². The molecule has 22 heavy (non-hydrogen) atoms. The summed E-state index contributed by atoms with van der Waals surface area (Å²) >= 11 is 0. The van der Waals surface area contributed by atoms with Crippen molar-refractivity contribution in [1.29, 1.82) is 0 Å². The first-order chi connectivity index (χ1) is 10.2. The summed E-state index contributed by atoms with van der Waals surface area (Å²) in [6, 6.07) is 1.51. The van der Waals surface area contributed by atoms with Gasteiger partial charge in [0.05, 0.1) is 5.69 Å². The molecule has 1 aromatic heterocycles. The molecule has 1 atom stereocenters. The Hall–Kier alpha value is -1.72. The van der Waals surface area contributed by atoms with Crippen LogP contribution in [0.5, 0.6) is 0 Å². The maximum Gasteiger partial charge on any atom is 0.209 e. The molecule has 0 saturated heterocycles. The van der Waals surface area contributed by atoms with Crippen molar-refractivity contribution < 1.29 is 27.2 Å². The maximum absolute atomic E-state index is 11.9. The molecular weight excluding hydrogens is 313 g/mol. The van der Waals surface area contributed by atoms with Gasteiger partial charge in [-0.05, 0) is 25.7 Å². The number of aliphatic hydroxyl groups excluding tert-OH is 1. The van der Waals surface area contributed by atoms with Crippen molar-refractivity contribution in [3.05, 3.63) is 17.5 Å². The second-order valence-electron chi connectivity index (χ2n) is 5.01. The van der Waals surface area contributed by atoms with E-state index in [1.54, 1.807) is 0 Å². The van der Waals surface area contributed by atoms with Gasteiger partial charge in [-0.1, -0.05) is 11.1 Å². The van der Waals surface area contributed by atoms with Gasteiger partial charge in [0.25, 0.3) is 0 Å². The number of sulfone groups is 1. The van der Waals surface area contributed by atoms with E-state index in [0.29, 0.717) is 5.69 Å². The van der Waals surface area contributed by atoms with Crippen LogP contribution in [0.3, 0.4) is 0 Å². The van der Waals surface area contributed by atoms with E-state index < -0.39 is 33.6 Å². The molecule has 0 fully saturated rings. The Bertz CT molecular complexity index is 686. The van der Waals surface area contributed by atoms with Gasteiger partial charge in [0.1, 0.15) is 18.0 Å². The van der Waals surface area contributed by atoms with E-state index >= 15 is 0 Å². The van der Waals surface area contributed by atoms with Gasteiger partial charge in [0, 0.05) is 18.7 Å². The van der Waals surface area contributed by atoms with E-state index in [4.69, 9.17) is 9.63 Å². The van der Waals surface area contributed by atoms with Crippen LogP contribution in [-0.2, 0) is 21.1 Å². The lowest BCUT2D eigenvalue weighted by Crippen LogP contribution is -2.45. The smallest absolute Gasteiger partial charge is 0.209 e. The third-order valence-corrected chi connectivity index (χ3v) is 5.47. The number of Topliss-reactive ketones (excluding diaryl/α,β-unsaturated/α-hetero) is 1. The van der Waals surface area contributed by atoms with Crippen molar-refractivity contribution >= 4 is 15.6 Å². The van der Waals surface area contributed by atoms with E-state index in [1.165, 1.54) is 13.0 Å². The largest absolute Gasteiger partial charge is 0.389 e. The molecule has 0 unspecified atom stereocenters. The Morgan fingerprint density at radius 3 is 2.77 bits per heavy atom. The number of halogens is 1. The lowest BCUT2D eigenvalue weighted by Gasteiger charge is -2.24. The minimum atomic E-state index is -3.69. The zero-order valence-corrected chi connectivity index (χ0v) is 13.2. The summed E-state index contributed by atoms with van der Waals surface area (Å²) in [4.78, 5) is 11.8. The second kappa shape index (κ2) is 7.51. The van der Waals surface area contributed by atoms with Crippen LogP contribution in [0.15, 0.2) is 10.6 Å². The van der Waals surface area contributed by atoms with Crippen LogP contribution in [0.2, 0.25) is 0 Å². The molecule has 0 radical (unpaired) electrons. The molecule has 1 N–H and O–H groups in total. The number of rotatable bonds is 7. The molecule has 0 amide bonds. The summed E-state index contributed by atoms with van der Waals surface area (Å²) < 4.78 is 38.8. The van der Waals surface area contributed by atoms with Crippen molar-refractivity contribution in [2.75, 3.05) is 19.5 Å². The minimum Gasteiger partial charge on any atom is -0.389 e. The number of carbonyl (C=O) groups is 1. The van der Waals surface area contributed by atoms with Crippen molar-refractivity contribution in [2.24, 2.45) is 0 Å². The molecule has 0 saturated carbocycles. The van der Waals surface area contributed by atoms with Crippen LogP contribution in [0.4, 0.5) is 4.39 Å². The number of aryl methyl sites for hydroxylation is 1. The molecule has 0 aliphatic heterocycles. The minimum absolute atomic E-state index is 0.0326. The number of nitrogens with zero attached hydrogens (tertiary/aromatic N) is 1. The second-order valence-corrected chi connectivity index (χ2v) is 7.45. The highest BCUT2D eigenvalue weighted by atomic mass is 32.2. The number of hydrogen-bond acceptors (Lipinski definition) is 6. The number of aromatic nitrogens is 1. The Morgan fingerprint density at radius 2 is 2.23 bits per heavy atom. The standard InChI is InChI=1S/C14H18FNO5S/c1-14(13(18)10-17,22(2,19)20)7-6-11-9-12(21-16-11)5-3-4-8-15/h9,17H,4,6-8,10H2,1-2H3/t14-/m1/s1. The summed E-state index contributed by atoms with van der Waals surface area (Å²) in [5.74, 6) is 4.62. The van der Waals surface area contributed by atoms with E-state index in [0.717, 1.165) is 6.26 Å². The van der Waals surface area contributed by atoms with Crippen LogP contribution in [-0.4, -0.2) is 48.7 Å². The highest BCUT2D eigenvalue weighted by Gasteiger charge is 2.42. The van der Waals surface area contributed by atoms with Crippen molar-refractivity contribution in [1.82, 2.24) is 5.16 Å². The fourth-order valence-electron chi connectivity index (χ4n) is 1.75. The van der Waals surface area contributed by atoms with Gasteiger partial charge in [-0.2, -0.15) is 0 Å². The number of carbonyl (C=O) groups excluding carboxylic acids is 1. The lowest BCUT2D eigenvalue weighted by molar-refractivity contribution is -0.124. The fraction of sp³-hybridized carbons (Fsp3) is 0.571. The van der Waals surface area contributed by atoms with Crippen LogP contribution in [0, 0.1) is 11.8 Å². The molecule has 0 aliphatic carbocycles. The van der Waals surface area contributed by atoms with Crippen LogP contribution >= 0.6 is 0 Å². The zero-order chi connectivity index (χ0) is 16.8. The van der Waals surface area contributed by atoms with Crippen LogP contribution in [0.25, 0.3) is 0 Å². The molecule has 122 valence electrons. The predicted molar refractivity (Wildman–Crippen MR) is 77.6 cm³/mol. The topological polar surface area (TPSA) is 97.5 Å². The number of ketones is 1. The number of hydrogen-bond donors (Lipinski definition) is 1. The summed E-state index contributed by atoms with van der Waals surface area (Å²) in [7, 11) is -3.69. The molecule has 0 bridgehead atoms. The van der Waals surface area contributed by atoms with Gasteiger partial charge < -0.3 is 9.63 Å². The van der Waals surface area contributed by atoms with Gasteiger partial charge in [0.15, 0.2) is 15.6 Å². The van der Waals surface area contributed by atoms with Crippen molar-refractivity contribution in [2.45, 2.75) is 30.9 Å². The Balaban J connectivity index is 2.83. The SMILES string of the molecule is C[C@@](CCc1cc(C#CCCF)on1)(C(=O)CO)S(C)(=O)=O. The van der Waals surface area contributed by atoms with E-state index in [2.05, 4.69) is 17.0 Å². The highest BCUT2D eigenvalue weighted by molar-refractivity contribution is 7.92. The molecule has 0 aliphatic rings. The quantitative estimate of drug-likeness (QED) is 0.738. The maximum atomic E-state index is 11.9. The third-order valence-electron chi connectivity index (χ3n) is 3.40. The third kappa shape index (κ3) is 4.39. The Morgan fingerprint density at radius 1 is 1.55 bits per heavy atom. The van der Waals surface area contributed by atoms with Gasteiger partial charge in [0.2, 0.25) is 5.76 Å². The molecular formula is C14H18FNO5S. The lowest BCUT2D eigenvalue weighted by atomic mass is 9.98. The summed E-state index contributed by atoms with van der Waals surface area (Å²) in [5.41, 5.74) is 0.435. The summed E-state index contributed by atoms with van der Waals surface area (Å²) in [6.45, 7) is -0.116. The van der Waals surface area contributed by atoms with Crippen LogP contribution in [0.1, 0.15) is 31.2 Å². The molecule has 1 rings (SSSR count). The normalized spacial score (nSPS) is 14.0. The fourth-order valence-corrected chi connectivity index (χ4v) is 2.70. The molecule has 8 heteroatoms. The van der Waals surface area contributed by atoms with Gasteiger partial charge >= 0.3 is 0 Å². The zero-order valence-electron chi connectivity index (χ0n) is 12.4. The molecule has 0 aromatic carbocycles. The number of aliphatic hydroxyl groups is 1. The van der Waals surface area contributed by atoms with Gasteiger partial charge in [-0.3, -0.25) is 9.18 Å². The Labute approximate surface area is 128 Å². The van der Waals surface area contributed by atoms with Crippen molar-refractivity contribution in [3.8, 4) is 11.8 Å². The Kier molecular flexibility index (Phi) is 6.26. The first-order valence-corrected chi connectivity index (χ1v) is 8.48. The average Bonchev–Trinajstić information content (AvgIpc) is 2.91. The van der Waals surface area contributed by atoms with Crippen molar-refractivity contribution in [3.63, 3.8) is 0 Å². The van der Waals surface area contributed by atoms with Crippen LogP contribution < -0.4 is 0 Å². The monoisotopic (exact) mass is 331 g/mol. The molecule has 6 nitrogen and oxygen atoms in total. The average molecular weight is 331 g/mol. The molecule has 1 aromatic rings. The van der Waals surface area contributed by atoms with Gasteiger partial charge in [-0.25, -0.2) is 8.42 Å². The van der Waals surface area contributed by atoms with E-state index in [-0.39, 0.29) is 25.0 Å².